The lowest BCUT2D eigenvalue weighted by molar-refractivity contribution is 0.942. The molecule has 1 aromatic carbocycles. The van der Waals surface area contributed by atoms with Gasteiger partial charge in [-0.05, 0) is 36.5 Å². The van der Waals surface area contributed by atoms with Gasteiger partial charge in [-0.15, -0.1) is 0 Å². The van der Waals surface area contributed by atoms with Crippen molar-refractivity contribution in [2.75, 3.05) is 5.43 Å². The second-order valence-corrected chi connectivity index (χ2v) is 4.29. The molecule has 0 aliphatic heterocycles. The van der Waals surface area contributed by atoms with E-state index >= 15 is 0 Å². The minimum atomic E-state index is 0.510. The van der Waals surface area contributed by atoms with Crippen molar-refractivity contribution >= 4 is 17.9 Å². The topological polar surface area (TPSA) is 58.5 Å². The minimum absolute atomic E-state index is 0.510. The van der Waals surface area contributed by atoms with Gasteiger partial charge in [-0.3, -0.25) is 10.4 Å². The van der Waals surface area contributed by atoms with E-state index in [0.29, 0.717) is 4.77 Å². The van der Waals surface area contributed by atoms with Gasteiger partial charge >= 0.3 is 0 Å². The third kappa shape index (κ3) is 2.38. The van der Waals surface area contributed by atoms with Gasteiger partial charge in [-0.1, -0.05) is 18.2 Å². The van der Waals surface area contributed by atoms with Crippen LogP contribution in [0.5, 0.6) is 0 Å². The van der Waals surface area contributed by atoms with Gasteiger partial charge < -0.3 is 0 Å². The molecule has 0 bridgehead atoms. The Bertz CT molecular complexity index is 718. The SMILES string of the molecule is S=c1[nH]nc(-c2ccncc2)n1Nc1ccccc1. The molecule has 3 rings (SSSR count). The Labute approximate surface area is 114 Å². The van der Waals surface area contributed by atoms with Crippen LogP contribution in [0.2, 0.25) is 0 Å². The highest BCUT2D eigenvalue weighted by atomic mass is 32.1. The van der Waals surface area contributed by atoms with Crippen LogP contribution >= 0.6 is 12.2 Å². The molecule has 0 saturated heterocycles. The molecule has 0 radical (unpaired) electrons. The summed E-state index contributed by atoms with van der Waals surface area (Å²) in [5, 5.41) is 7.03. The van der Waals surface area contributed by atoms with Gasteiger partial charge in [0.2, 0.25) is 4.77 Å². The van der Waals surface area contributed by atoms with Crippen molar-refractivity contribution in [3.63, 3.8) is 0 Å². The number of nitrogens with zero attached hydrogens (tertiary/aromatic N) is 3. The van der Waals surface area contributed by atoms with Crippen LogP contribution in [0.3, 0.4) is 0 Å². The summed E-state index contributed by atoms with van der Waals surface area (Å²) in [6.45, 7) is 0. The number of H-pyrrole nitrogens is 1. The Morgan fingerprint density at radius 2 is 1.79 bits per heavy atom. The molecule has 3 aromatic rings. The molecule has 2 N–H and O–H groups in total. The van der Waals surface area contributed by atoms with Crippen molar-refractivity contribution in [3.8, 4) is 11.4 Å². The van der Waals surface area contributed by atoms with E-state index in [0.717, 1.165) is 17.1 Å². The number of anilines is 1. The minimum Gasteiger partial charge on any atom is -0.290 e. The first-order chi connectivity index (χ1) is 9.34. The Balaban J connectivity index is 2.03. The van der Waals surface area contributed by atoms with Crippen LogP contribution < -0.4 is 5.43 Å². The average molecular weight is 269 g/mol. The summed E-state index contributed by atoms with van der Waals surface area (Å²) in [6, 6.07) is 13.6. The quantitative estimate of drug-likeness (QED) is 0.718. The third-order valence-electron chi connectivity index (χ3n) is 2.63. The molecule has 2 aromatic heterocycles. The Hall–Kier alpha value is -2.47. The summed E-state index contributed by atoms with van der Waals surface area (Å²) < 4.78 is 2.25. The molecule has 94 valence electrons. The fraction of sp³-hybridized carbons (Fsp3) is 0. The fourth-order valence-electron chi connectivity index (χ4n) is 1.74. The standard InChI is InChI=1S/C13H11N5S/c19-13-16-15-12(10-6-8-14-9-7-10)18(13)17-11-4-2-1-3-5-11/h1-9,17H,(H,16,19). The van der Waals surface area contributed by atoms with E-state index < -0.39 is 0 Å². The van der Waals surface area contributed by atoms with E-state index in [4.69, 9.17) is 12.2 Å². The smallest absolute Gasteiger partial charge is 0.214 e. The molecule has 6 heteroatoms. The first kappa shape index (κ1) is 11.6. The number of hydrogen-bond acceptors (Lipinski definition) is 4. The van der Waals surface area contributed by atoms with Crippen LogP contribution in [0.4, 0.5) is 5.69 Å². The molecule has 19 heavy (non-hydrogen) atoms. The number of aromatic nitrogens is 4. The van der Waals surface area contributed by atoms with Crippen LogP contribution in [0.15, 0.2) is 54.9 Å². The van der Waals surface area contributed by atoms with Crippen molar-refractivity contribution < 1.29 is 0 Å². The maximum absolute atomic E-state index is 5.24. The van der Waals surface area contributed by atoms with E-state index in [2.05, 4.69) is 20.6 Å². The van der Waals surface area contributed by atoms with Crippen LogP contribution in [-0.4, -0.2) is 19.9 Å². The molecular weight excluding hydrogens is 258 g/mol. The summed E-state index contributed by atoms with van der Waals surface area (Å²) in [5.74, 6) is 0.719. The molecule has 0 atom stereocenters. The maximum Gasteiger partial charge on any atom is 0.214 e. The Morgan fingerprint density at radius 1 is 1.05 bits per heavy atom. The number of nitrogens with one attached hydrogen (secondary N) is 2. The zero-order chi connectivity index (χ0) is 13.1. The lowest BCUT2D eigenvalue weighted by Crippen LogP contribution is -2.10. The molecule has 0 aliphatic carbocycles. The predicted molar refractivity (Wildman–Crippen MR) is 76.1 cm³/mol. The summed E-state index contributed by atoms with van der Waals surface area (Å²) in [7, 11) is 0. The fourth-order valence-corrected chi connectivity index (χ4v) is 1.91. The van der Waals surface area contributed by atoms with Crippen molar-refractivity contribution in [1.29, 1.82) is 0 Å². The highest BCUT2D eigenvalue weighted by Crippen LogP contribution is 2.16. The molecule has 0 saturated carbocycles. The summed E-state index contributed by atoms with van der Waals surface area (Å²) in [4.78, 5) is 4.00. The van der Waals surface area contributed by atoms with Gasteiger partial charge in [0.1, 0.15) is 0 Å². The molecular formula is C13H11N5S. The van der Waals surface area contributed by atoms with Crippen molar-refractivity contribution in [3.05, 3.63) is 59.6 Å². The van der Waals surface area contributed by atoms with Crippen molar-refractivity contribution in [1.82, 2.24) is 19.9 Å². The van der Waals surface area contributed by atoms with Crippen LogP contribution in [0.25, 0.3) is 11.4 Å². The number of para-hydroxylation sites is 1. The molecule has 0 amide bonds. The maximum atomic E-state index is 5.24. The Kier molecular flexibility index (Phi) is 3.07. The molecule has 0 spiro atoms. The van der Waals surface area contributed by atoms with Gasteiger partial charge in [-0.2, -0.15) is 5.10 Å². The number of pyridine rings is 1. The van der Waals surface area contributed by atoms with E-state index in [1.807, 2.05) is 42.5 Å². The van der Waals surface area contributed by atoms with Crippen LogP contribution in [0.1, 0.15) is 0 Å². The number of hydrogen-bond donors (Lipinski definition) is 2. The molecule has 5 nitrogen and oxygen atoms in total. The van der Waals surface area contributed by atoms with Crippen LogP contribution in [-0.2, 0) is 0 Å². The van der Waals surface area contributed by atoms with Crippen molar-refractivity contribution in [2.24, 2.45) is 0 Å². The van der Waals surface area contributed by atoms with E-state index in [1.54, 1.807) is 17.1 Å². The lowest BCUT2D eigenvalue weighted by atomic mass is 10.2. The lowest BCUT2D eigenvalue weighted by Gasteiger charge is -2.09. The molecule has 0 unspecified atom stereocenters. The molecule has 0 fully saturated rings. The third-order valence-corrected chi connectivity index (χ3v) is 2.90. The number of rotatable bonds is 3. The summed E-state index contributed by atoms with van der Waals surface area (Å²) >= 11 is 5.24. The highest BCUT2D eigenvalue weighted by molar-refractivity contribution is 7.71. The molecule has 0 aliphatic rings. The van der Waals surface area contributed by atoms with E-state index in [-0.39, 0.29) is 0 Å². The van der Waals surface area contributed by atoms with Crippen LogP contribution in [0, 0.1) is 4.77 Å². The largest absolute Gasteiger partial charge is 0.290 e. The van der Waals surface area contributed by atoms with Gasteiger partial charge in [0.15, 0.2) is 5.82 Å². The zero-order valence-electron chi connectivity index (χ0n) is 9.95. The number of benzene rings is 1. The van der Waals surface area contributed by atoms with Gasteiger partial charge in [-0.25, -0.2) is 9.77 Å². The monoisotopic (exact) mass is 269 g/mol. The zero-order valence-corrected chi connectivity index (χ0v) is 10.8. The first-order valence-corrected chi connectivity index (χ1v) is 6.15. The van der Waals surface area contributed by atoms with Gasteiger partial charge in [0, 0.05) is 18.0 Å². The predicted octanol–water partition coefficient (Wildman–Crippen LogP) is 2.88. The normalized spacial score (nSPS) is 10.3. The average Bonchev–Trinajstić information content (AvgIpc) is 2.82. The Morgan fingerprint density at radius 3 is 2.53 bits per heavy atom. The second-order valence-electron chi connectivity index (χ2n) is 3.90. The first-order valence-electron chi connectivity index (χ1n) is 5.74. The second kappa shape index (κ2) is 5.03. The van der Waals surface area contributed by atoms with Gasteiger partial charge in [0.25, 0.3) is 0 Å². The highest BCUT2D eigenvalue weighted by Gasteiger charge is 2.08. The van der Waals surface area contributed by atoms with Crippen molar-refractivity contribution in [2.45, 2.75) is 0 Å². The number of aromatic amines is 1. The molecule has 2 heterocycles. The van der Waals surface area contributed by atoms with Gasteiger partial charge in [0.05, 0.1) is 5.69 Å². The summed E-state index contributed by atoms with van der Waals surface area (Å²) in [6.07, 6.45) is 3.44. The van der Waals surface area contributed by atoms with E-state index in [9.17, 15) is 0 Å². The summed E-state index contributed by atoms with van der Waals surface area (Å²) in [5.41, 5.74) is 5.09. The van der Waals surface area contributed by atoms with E-state index in [1.165, 1.54) is 0 Å².